The summed E-state index contributed by atoms with van der Waals surface area (Å²) in [7, 11) is 0. The van der Waals surface area contributed by atoms with Crippen molar-refractivity contribution >= 4 is 17.9 Å². The molecule has 0 heterocycles. The Morgan fingerprint density at radius 1 is 0.312 bits per heavy atom. The van der Waals surface area contributed by atoms with E-state index < -0.39 is 6.10 Å². The van der Waals surface area contributed by atoms with Gasteiger partial charge in [-0.2, -0.15) is 0 Å². The number of ether oxygens (including phenoxy) is 3. The molecule has 0 aromatic heterocycles. The van der Waals surface area contributed by atoms with E-state index in [1.165, 1.54) is 161 Å². The lowest BCUT2D eigenvalue weighted by Gasteiger charge is -2.18. The number of rotatable bonds is 49. The first kappa shape index (κ1) is 61.1. The standard InChI is InChI=1S/C58H102O6/c1-4-7-10-13-16-19-22-25-27-29-31-33-36-39-42-45-48-51-57(60)63-54-55(53-62-56(59)50-47-44-41-38-35-24-21-18-15-12-9-6-3)64-58(61)52-49-46-43-40-37-34-32-30-28-26-23-20-17-14-11-8-5-2/h16,19,25-28,31,33,39,42,55H,4-15,17-18,20-24,29-30,32,34-38,40-41,43-54H2,1-3H3/b19-16-,27-25-,28-26-,33-31-,42-39-/t55-/m0/s1. The summed E-state index contributed by atoms with van der Waals surface area (Å²) in [6.45, 7) is 6.57. The molecule has 6 nitrogen and oxygen atoms in total. The van der Waals surface area contributed by atoms with E-state index in [9.17, 15) is 14.4 Å². The van der Waals surface area contributed by atoms with E-state index in [2.05, 4.69) is 81.5 Å². The first-order valence-electron chi connectivity index (χ1n) is 27.3. The molecule has 0 aliphatic rings. The average molecular weight is 895 g/mol. The fourth-order valence-electron chi connectivity index (χ4n) is 7.61. The molecular weight excluding hydrogens is 793 g/mol. The van der Waals surface area contributed by atoms with Crippen LogP contribution < -0.4 is 0 Å². The molecule has 0 spiro atoms. The Kier molecular flexibility index (Phi) is 50.4. The summed E-state index contributed by atoms with van der Waals surface area (Å²) in [5.74, 6) is -0.946. The van der Waals surface area contributed by atoms with E-state index in [-0.39, 0.29) is 37.5 Å². The van der Waals surface area contributed by atoms with Gasteiger partial charge in [0, 0.05) is 19.3 Å². The first-order valence-corrected chi connectivity index (χ1v) is 27.3. The number of carbonyl (C=O) groups excluding carboxylic acids is 3. The minimum atomic E-state index is -0.796. The van der Waals surface area contributed by atoms with Gasteiger partial charge in [0.1, 0.15) is 13.2 Å². The zero-order valence-electron chi connectivity index (χ0n) is 42.3. The third-order valence-electron chi connectivity index (χ3n) is 11.7. The summed E-state index contributed by atoms with van der Waals surface area (Å²) >= 11 is 0. The Labute approximate surface area is 396 Å². The van der Waals surface area contributed by atoms with Gasteiger partial charge < -0.3 is 14.2 Å². The second-order valence-corrected chi connectivity index (χ2v) is 18.1. The fraction of sp³-hybridized carbons (Fsp3) is 0.776. The van der Waals surface area contributed by atoms with Crippen LogP contribution in [0.5, 0.6) is 0 Å². The van der Waals surface area contributed by atoms with Crippen molar-refractivity contribution in [2.75, 3.05) is 13.2 Å². The number of esters is 3. The molecule has 0 aliphatic heterocycles. The highest BCUT2D eigenvalue weighted by Gasteiger charge is 2.19. The highest BCUT2D eigenvalue weighted by Crippen LogP contribution is 2.15. The first-order chi connectivity index (χ1) is 31.5. The minimum absolute atomic E-state index is 0.0907. The van der Waals surface area contributed by atoms with Crippen molar-refractivity contribution in [1.82, 2.24) is 0 Å². The molecule has 0 saturated carbocycles. The molecular formula is C58H102O6. The molecule has 370 valence electrons. The quantitative estimate of drug-likeness (QED) is 0.0262. The van der Waals surface area contributed by atoms with Crippen LogP contribution in [0.4, 0.5) is 0 Å². The maximum Gasteiger partial charge on any atom is 0.306 e. The maximum atomic E-state index is 12.8. The van der Waals surface area contributed by atoms with Crippen LogP contribution >= 0.6 is 0 Å². The van der Waals surface area contributed by atoms with Gasteiger partial charge in [0.25, 0.3) is 0 Å². The third-order valence-corrected chi connectivity index (χ3v) is 11.7. The van der Waals surface area contributed by atoms with E-state index >= 15 is 0 Å². The highest BCUT2D eigenvalue weighted by molar-refractivity contribution is 5.71. The molecule has 0 rings (SSSR count). The molecule has 0 aromatic rings. The van der Waals surface area contributed by atoms with Crippen LogP contribution in [0.3, 0.4) is 0 Å². The van der Waals surface area contributed by atoms with Crippen LogP contribution in [-0.4, -0.2) is 37.2 Å². The number of allylic oxidation sites excluding steroid dienone is 10. The lowest BCUT2D eigenvalue weighted by Crippen LogP contribution is -2.30. The van der Waals surface area contributed by atoms with Gasteiger partial charge in [0.2, 0.25) is 0 Å². The van der Waals surface area contributed by atoms with Gasteiger partial charge in [-0.05, 0) is 83.5 Å². The average Bonchev–Trinajstić information content (AvgIpc) is 3.29. The van der Waals surface area contributed by atoms with Crippen molar-refractivity contribution in [2.24, 2.45) is 0 Å². The number of hydrogen-bond acceptors (Lipinski definition) is 6. The lowest BCUT2D eigenvalue weighted by molar-refractivity contribution is -0.167. The van der Waals surface area contributed by atoms with Crippen molar-refractivity contribution in [3.05, 3.63) is 60.8 Å². The van der Waals surface area contributed by atoms with Crippen LogP contribution in [0.15, 0.2) is 60.8 Å². The van der Waals surface area contributed by atoms with Crippen molar-refractivity contribution < 1.29 is 28.6 Å². The Morgan fingerprint density at radius 3 is 0.984 bits per heavy atom. The number of unbranched alkanes of at least 4 members (excludes halogenated alkanes) is 28. The van der Waals surface area contributed by atoms with Gasteiger partial charge in [-0.3, -0.25) is 14.4 Å². The summed E-state index contributed by atoms with van der Waals surface area (Å²) in [5, 5.41) is 0. The Hall–Kier alpha value is -2.89. The third kappa shape index (κ3) is 50.1. The van der Waals surface area contributed by atoms with Crippen LogP contribution in [0.25, 0.3) is 0 Å². The second kappa shape index (κ2) is 52.7. The minimum Gasteiger partial charge on any atom is -0.462 e. The largest absolute Gasteiger partial charge is 0.462 e. The summed E-state index contributed by atoms with van der Waals surface area (Å²) in [5.41, 5.74) is 0. The van der Waals surface area contributed by atoms with Crippen LogP contribution in [-0.2, 0) is 28.6 Å². The SMILES string of the molecule is CCCCC/C=C\C/C=C\C/C=C\C/C=C\CCCC(=O)OC[C@H](COC(=O)CCCCCCCCCCCCCC)OC(=O)CCCCCCCCC/C=C\CCCCCCCC. The molecule has 1 atom stereocenters. The summed E-state index contributed by atoms with van der Waals surface area (Å²) in [6, 6.07) is 0. The van der Waals surface area contributed by atoms with Gasteiger partial charge in [0.05, 0.1) is 0 Å². The van der Waals surface area contributed by atoms with Gasteiger partial charge in [-0.15, -0.1) is 0 Å². The van der Waals surface area contributed by atoms with Crippen LogP contribution in [0, 0.1) is 0 Å². The molecule has 0 amide bonds. The van der Waals surface area contributed by atoms with Crippen molar-refractivity contribution in [3.8, 4) is 0 Å². The van der Waals surface area contributed by atoms with Crippen LogP contribution in [0.1, 0.15) is 271 Å². The normalized spacial score (nSPS) is 12.5. The smallest absolute Gasteiger partial charge is 0.306 e. The zero-order valence-corrected chi connectivity index (χ0v) is 42.3. The number of hydrogen-bond donors (Lipinski definition) is 0. The molecule has 0 N–H and O–H groups in total. The van der Waals surface area contributed by atoms with E-state index in [0.717, 1.165) is 64.2 Å². The van der Waals surface area contributed by atoms with Crippen molar-refractivity contribution in [3.63, 3.8) is 0 Å². The van der Waals surface area contributed by atoms with E-state index in [1.807, 2.05) is 0 Å². The molecule has 0 fully saturated rings. The highest BCUT2D eigenvalue weighted by atomic mass is 16.6. The molecule has 0 aromatic carbocycles. The monoisotopic (exact) mass is 895 g/mol. The summed E-state index contributed by atoms with van der Waals surface area (Å²) < 4.78 is 16.8. The van der Waals surface area contributed by atoms with Gasteiger partial charge >= 0.3 is 17.9 Å². The molecule has 6 heteroatoms. The molecule has 0 radical (unpaired) electrons. The van der Waals surface area contributed by atoms with Gasteiger partial charge in [-0.25, -0.2) is 0 Å². The van der Waals surface area contributed by atoms with Gasteiger partial charge in [-0.1, -0.05) is 229 Å². The van der Waals surface area contributed by atoms with Crippen LogP contribution in [0.2, 0.25) is 0 Å². The Bertz CT molecular complexity index is 1170. The van der Waals surface area contributed by atoms with E-state index in [0.29, 0.717) is 19.3 Å². The zero-order chi connectivity index (χ0) is 46.5. The predicted octanol–water partition coefficient (Wildman–Crippen LogP) is 18.0. The van der Waals surface area contributed by atoms with Gasteiger partial charge in [0.15, 0.2) is 6.10 Å². The molecule has 0 aliphatic carbocycles. The Morgan fingerprint density at radius 2 is 0.578 bits per heavy atom. The fourth-order valence-corrected chi connectivity index (χ4v) is 7.61. The number of carbonyl (C=O) groups is 3. The Balaban J connectivity index is 4.44. The topological polar surface area (TPSA) is 78.9 Å². The lowest BCUT2D eigenvalue weighted by atomic mass is 10.0. The summed E-state index contributed by atoms with van der Waals surface area (Å²) in [4.78, 5) is 38.0. The maximum absolute atomic E-state index is 12.8. The molecule has 0 bridgehead atoms. The summed E-state index contributed by atoms with van der Waals surface area (Å²) in [6.07, 6.45) is 64.9. The molecule has 64 heavy (non-hydrogen) atoms. The van der Waals surface area contributed by atoms with E-state index in [1.54, 1.807) is 0 Å². The second-order valence-electron chi connectivity index (χ2n) is 18.1. The van der Waals surface area contributed by atoms with E-state index in [4.69, 9.17) is 14.2 Å². The van der Waals surface area contributed by atoms with Crippen molar-refractivity contribution in [2.45, 2.75) is 277 Å². The molecule has 0 unspecified atom stereocenters. The molecule has 0 saturated heterocycles. The van der Waals surface area contributed by atoms with Crippen molar-refractivity contribution in [1.29, 1.82) is 0 Å². The predicted molar refractivity (Wildman–Crippen MR) is 275 cm³/mol.